The molecular formula is C7H2F6INS. The summed E-state index contributed by atoms with van der Waals surface area (Å²) in [7, 11) is 0. The summed E-state index contributed by atoms with van der Waals surface area (Å²) in [5.74, 6) is 0. The first-order valence-electron chi connectivity index (χ1n) is 3.58. The van der Waals surface area contributed by atoms with Gasteiger partial charge in [-0.15, -0.1) is 0 Å². The summed E-state index contributed by atoms with van der Waals surface area (Å²) in [4.78, 5) is 3.27. The lowest BCUT2D eigenvalue weighted by Crippen LogP contribution is -2.10. The van der Waals surface area contributed by atoms with Gasteiger partial charge in [-0.25, -0.2) is 4.98 Å². The summed E-state index contributed by atoms with van der Waals surface area (Å²) in [5.41, 5.74) is -5.77. The van der Waals surface area contributed by atoms with E-state index >= 15 is 0 Å². The van der Waals surface area contributed by atoms with Gasteiger partial charge in [-0.1, -0.05) is 0 Å². The van der Waals surface area contributed by atoms with E-state index in [9.17, 15) is 26.3 Å². The van der Waals surface area contributed by atoms with Crippen LogP contribution in [0.4, 0.5) is 26.3 Å². The number of halogens is 7. The molecular weight excluding hydrogens is 371 g/mol. The molecule has 1 aromatic rings. The SMILES string of the molecule is FC(F)(F)Sc1nccc(C(F)(F)F)c1I. The molecule has 1 nitrogen and oxygen atoms in total. The number of hydrogen-bond donors (Lipinski definition) is 0. The van der Waals surface area contributed by atoms with Crippen molar-refractivity contribution in [2.75, 3.05) is 0 Å². The summed E-state index contributed by atoms with van der Waals surface area (Å²) in [6, 6.07) is 0.641. The molecule has 0 aliphatic heterocycles. The molecule has 0 fully saturated rings. The predicted molar refractivity (Wildman–Crippen MR) is 53.9 cm³/mol. The number of thioether (sulfide) groups is 1. The topological polar surface area (TPSA) is 12.9 Å². The second-order valence-electron chi connectivity index (χ2n) is 2.52. The van der Waals surface area contributed by atoms with Crippen LogP contribution in [-0.2, 0) is 6.18 Å². The maximum atomic E-state index is 12.3. The Morgan fingerprint density at radius 2 is 1.69 bits per heavy atom. The molecule has 16 heavy (non-hydrogen) atoms. The van der Waals surface area contributed by atoms with Gasteiger partial charge in [0.2, 0.25) is 0 Å². The fourth-order valence-electron chi connectivity index (χ4n) is 0.824. The zero-order chi connectivity index (χ0) is 12.6. The van der Waals surface area contributed by atoms with Gasteiger partial charge in [0.05, 0.1) is 9.13 Å². The number of aromatic nitrogens is 1. The van der Waals surface area contributed by atoms with Crippen molar-refractivity contribution >= 4 is 34.4 Å². The van der Waals surface area contributed by atoms with Gasteiger partial charge >= 0.3 is 11.7 Å². The number of alkyl halides is 6. The van der Waals surface area contributed by atoms with Crippen molar-refractivity contribution < 1.29 is 26.3 Å². The van der Waals surface area contributed by atoms with E-state index in [1.165, 1.54) is 22.6 Å². The van der Waals surface area contributed by atoms with Crippen molar-refractivity contribution in [2.24, 2.45) is 0 Å². The second kappa shape index (κ2) is 4.59. The van der Waals surface area contributed by atoms with Crippen LogP contribution in [0.15, 0.2) is 17.3 Å². The third kappa shape index (κ3) is 3.68. The molecule has 0 saturated heterocycles. The van der Waals surface area contributed by atoms with E-state index in [2.05, 4.69) is 4.98 Å². The quantitative estimate of drug-likeness (QED) is 0.413. The maximum Gasteiger partial charge on any atom is 0.447 e. The lowest BCUT2D eigenvalue weighted by atomic mass is 10.3. The van der Waals surface area contributed by atoms with E-state index < -0.39 is 37.6 Å². The van der Waals surface area contributed by atoms with E-state index in [1.807, 2.05) is 0 Å². The average Bonchev–Trinajstić information content (AvgIpc) is 2.04. The van der Waals surface area contributed by atoms with Gasteiger partial charge in [0.25, 0.3) is 0 Å². The van der Waals surface area contributed by atoms with E-state index in [0.717, 1.165) is 0 Å². The van der Waals surface area contributed by atoms with Gasteiger partial charge in [0.1, 0.15) is 5.03 Å². The Hall–Kier alpha value is -0.190. The monoisotopic (exact) mass is 373 g/mol. The fraction of sp³-hybridized carbons (Fsp3) is 0.286. The maximum absolute atomic E-state index is 12.3. The first-order chi connectivity index (χ1) is 7.11. The number of hydrogen-bond acceptors (Lipinski definition) is 2. The second-order valence-corrected chi connectivity index (χ2v) is 4.66. The van der Waals surface area contributed by atoms with Crippen LogP contribution in [0.2, 0.25) is 0 Å². The molecule has 0 aromatic carbocycles. The average molecular weight is 373 g/mol. The highest BCUT2D eigenvalue weighted by Gasteiger charge is 2.37. The van der Waals surface area contributed by atoms with E-state index in [0.29, 0.717) is 12.3 Å². The number of pyridine rings is 1. The van der Waals surface area contributed by atoms with Crippen molar-refractivity contribution in [1.82, 2.24) is 4.98 Å². The molecule has 0 unspecified atom stereocenters. The lowest BCUT2D eigenvalue weighted by Gasteiger charge is -2.12. The van der Waals surface area contributed by atoms with Crippen molar-refractivity contribution in [1.29, 1.82) is 0 Å². The van der Waals surface area contributed by atoms with Crippen molar-refractivity contribution in [3.05, 3.63) is 21.4 Å². The van der Waals surface area contributed by atoms with Crippen LogP contribution in [-0.4, -0.2) is 10.5 Å². The lowest BCUT2D eigenvalue weighted by molar-refractivity contribution is -0.138. The minimum atomic E-state index is -4.68. The summed E-state index contributed by atoms with van der Waals surface area (Å²) < 4.78 is 72.4. The van der Waals surface area contributed by atoms with E-state index in [1.54, 1.807) is 0 Å². The molecule has 1 heterocycles. The molecule has 0 aliphatic carbocycles. The van der Waals surface area contributed by atoms with E-state index in [-0.39, 0.29) is 0 Å². The zero-order valence-electron chi connectivity index (χ0n) is 7.16. The van der Waals surface area contributed by atoms with Crippen LogP contribution in [0.25, 0.3) is 0 Å². The van der Waals surface area contributed by atoms with E-state index in [4.69, 9.17) is 0 Å². The van der Waals surface area contributed by atoms with Gasteiger partial charge < -0.3 is 0 Å². The highest BCUT2D eigenvalue weighted by Crippen LogP contribution is 2.41. The molecule has 0 N–H and O–H groups in total. The normalized spacial score (nSPS) is 12.9. The Bertz CT molecular complexity index is 387. The van der Waals surface area contributed by atoms with Gasteiger partial charge in [-0.2, -0.15) is 26.3 Å². The Morgan fingerprint density at radius 3 is 2.12 bits per heavy atom. The van der Waals surface area contributed by atoms with Gasteiger partial charge in [-0.05, 0) is 28.7 Å². The fourth-order valence-corrected chi connectivity index (χ4v) is 2.31. The molecule has 0 radical (unpaired) electrons. The summed E-state index contributed by atoms with van der Waals surface area (Å²) in [6.07, 6.45) is -3.97. The van der Waals surface area contributed by atoms with Crippen molar-refractivity contribution in [3.63, 3.8) is 0 Å². The molecule has 0 bridgehead atoms. The van der Waals surface area contributed by atoms with Crippen molar-refractivity contribution in [2.45, 2.75) is 16.7 Å². The third-order valence-electron chi connectivity index (χ3n) is 1.38. The van der Waals surface area contributed by atoms with Crippen LogP contribution in [0, 0.1) is 3.57 Å². The molecule has 9 heteroatoms. The molecule has 0 atom stereocenters. The van der Waals surface area contributed by atoms with Gasteiger partial charge in [-0.3, -0.25) is 0 Å². The highest BCUT2D eigenvalue weighted by atomic mass is 127. The Morgan fingerprint density at radius 1 is 1.12 bits per heavy atom. The third-order valence-corrected chi connectivity index (χ3v) is 3.57. The molecule has 0 amide bonds. The van der Waals surface area contributed by atoms with Gasteiger partial charge in [0.15, 0.2) is 0 Å². The first-order valence-corrected chi connectivity index (χ1v) is 5.48. The van der Waals surface area contributed by atoms with Crippen LogP contribution >= 0.6 is 34.4 Å². The number of rotatable bonds is 1. The molecule has 1 rings (SSSR count). The zero-order valence-corrected chi connectivity index (χ0v) is 10.1. The van der Waals surface area contributed by atoms with Crippen LogP contribution in [0.1, 0.15) is 5.56 Å². The minimum absolute atomic E-state index is 0.546. The van der Waals surface area contributed by atoms with Gasteiger partial charge in [0, 0.05) is 18.0 Å². The predicted octanol–water partition coefficient (Wildman–Crippen LogP) is 4.32. The summed E-state index contributed by atoms with van der Waals surface area (Å²) in [6.45, 7) is 0. The molecule has 0 saturated carbocycles. The summed E-state index contributed by atoms with van der Waals surface area (Å²) >= 11 is 0.542. The van der Waals surface area contributed by atoms with Crippen molar-refractivity contribution in [3.8, 4) is 0 Å². The Balaban J connectivity index is 3.15. The smallest absolute Gasteiger partial charge is 0.248 e. The van der Waals surface area contributed by atoms with Crippen LogP contribution in [0.5, 0.6) is 0 Å². The molecule has 0 spiro atoms. The largest absolute Gasteiger partial charge is 0.447 e. The Labute approximate surface area is 104 Å². The van der Waals surface area contributed by atoms with Crippen LogP contribution < -0.4 is 0 Å². The Kier molecular flexibility index (Phi) is 3.98. The highest BCUT2D eigenvalue weighted by molar-refractivity contribution is 14.1. The summed E-state index contributed by atoms with van der Waals surface area (Å²) in [5, 5.41) is -0.692. The first kappa shape index (κ1) is 13.9. The van der Waals surface area contributed by atoms with Crippen LogP contribution in [0.3, 0.4) is 0 Å². The molecule has 0 aliphatic rings. The molecule has 90 valence electrons. The molecule has 1 aromatic heterocycles. The standard InChI is InChI=1S/C7H2F6INS/c8-6(9,10)3-1-2-15-5(4(3)14)16-7(11,12)13/h1-2H. The number of nitrogens with zero attached hydrogens (tertiary/aromatic N) is 1. The minimum Gasteiger partial charge on any atom is -0.248 e.